The number of esters is 1. The average Bonchev–Trinajstić information content (AvgIpc) is 3.12. The summed E-state index contributed by atoms with van der Waals surface area (Å²) in [7, 11) is 1.27. The summed E-state index contributed by atoms with van der Waals surface area (Å²) in [6.07, 6.45) is 1.61. The van der Waals surface area contributed by atoms with Gasteiger partial charge in [0.15, 0.2) is 10.7 Å². The van der Waals surface area contributed by atoms with Gasteiger partial charge in [-0.3, -0.25) is 4.79 Å². The highest BCUT2D eigenvalue weighted by Crippen LogP contribution is 2.25. The summed E-state index contributed by atoms with van der Waals surface area (Å²) >= 11 is 7.07. The topological polar surface area (TPSA) is 72.1 Å². The maximum Gasteiger partial charge on any atom is 0.357 e. The molecule has 21 heavy (non-hydrogen) atoms. The molecule has 7 heteroatoms. The van der Waals surface area contributed by atoms with Gasteiger partial charge in [0.1, 0.15) is 0 Å². The number of halogens is 1. The number of aromatic nitrogens is 2. The normalized spacial score (nSPS) is 10.8. The molecule has 3 rings (SSSR count). The second-order valence-electron chi connectivity index (χ2n) is 4.25. The molecule has 1 aromatic carbocycles. The van der Waals surface area contributed by atoms with Crippen molar-refractivity contribution in [2.75, 3.05) is 7.11 Å². The molecule has 0 saturated heterocycles. The monoisotopic (exact) mass is 320 g/mol. The van der Waals surface area contributed by atoms with Crippen LogP contribution in [0.1, 0.15) is 25.9 Å². The number of ketones is 1. The van der Waals surface area contributed by atoms with Gasteiger partial charge in [-0.1, -0.05) is 11.6 Å². The van der Waals surface area contributed by atoms with Crippen LogP contribution in [-0.4, -0.2) is 28.8 Å². The number of thiazole rings is 1. The van der Waals surface area contributed by atoms with Crippen LogP contribution in [0.25, 0.3) is 10.9 Å². The van der Waals surface area contributed by atoms with Gasteiger partial charge in [-0.2, -0.15) is 0 Å². The molecule has 5 nitrogen and oxygen atoms in total. The number of benzene rings is 1. The molecule has 0 aliphatic carbocycles. The number of nitrogens with zero attached hydrogens (tertiary/aromatic N) is 1. The van der Waals surface area contributed by atoms with Crippen LogP contribution in [-0.2, 0) is 4.74 Å². The lowest BCUT2D eigenvalue weighted by molar-refractivity contribution is 0.0595. The summed E-state index contributed by atoms with van der Waals surface area (Å²) in [6.45, 7) is 0. The number of H-pyrrole nitrogens is 1. The van der Waals surface area contributed by atoms with Gasteiger partial charge < -0.3 is 9.72 Å². The van der Waals surface area contributed by atoms with Crippen LogP contribution in [0, 0.1) is 0 Å². The Balaban J connectivity index is 2.02. The molecule has 0 radical (unpaired) electrons. The van der Waals surface area contributed by atoms with Crippen molar-refractivity contribution in [2.24, 2.45) is 0 Å². The number of ether oxygens (including phenoxy) is 1. The molecule has 0 aliphatic rings. The number of rotatable bonds is 3. The number of hydrogen-bond donors (Lipinski definition) is 1. The minimum Gasteiger partial charge on any atom is -0.464 e. The lowest BCUT2D eigenvalue weighted by atomic mass is 10.1. The molecule has 3 aromatic rings. The third-order valence-corrected chi connectivity index (χ3v) is 4.06. The quantitative estimate of drug-likeness (QED) is 0.593. The van der Waals surface area contributed by atoms with Gasteiger partial charge >= 0.3 is 5.97 Å². The van der Waals surface area contributed by atoms with E-state index >= 15 is 0 Å². The molecule has 0 amide bonds. The molecule has 0 bridgehead atoms. The van der Waals surface area contributed by atoms with Crippen molar-refractivity contribution in [1.29, 1.82) is 0 Å². The molecular formula is C14H9ClN2O3S. The largest absolute Gasteiger partial charge is 0.464 e. The van der Waals surface area contributed by atoms with E-state index in [1.54, 1.807) is 24.4 Å². The number of fused-ring (bicyclic) bond motifs is 1. The lowest BCUT2D eigenvalue weighted by Gasteiger charge is -1.96. The second-order valence-corrected chi connectivity index (χ2v) is 5.55. The van der Waals surface area contributed by atoms with Crippen molar-refractivity contribution < 1.29 is 14.3 Å². The highest BCUT2D eigenvalue weighted by molar-refractivity contribution is 7.12. The average molecular weight is 321 g/mol. The highest BCUT2D eigenvalue weighted by atomic mass is 35.5. The van der Waals surface area contributed by atoms with Crippen LogP contribution in [0.15, 0.2) is 29.8 Å². The molecule has 0 unspecified atom stereocenters. The van der Waals surface area contributed by atoms with Gasteiger partial charge in [-0.15, -0.1) is 11.3 Å². The van der Waals surface area contributed by atoms with E-state index < -0.39 is 5.97 Å². The summed E-state index contributed by atoms with van der Waals surface area (Å²) in [4.78, 5) is 30.9. The number of hydrogen-bond acceptors (Lipinski definition) is 5. The first-order valence-corrected chi connectivity index (χ1v) is 7.21. The second kappa shape index (κ2) is 5.31. The summed E-state index contributed by atoms with van der Waals surface area (Å²) in [5.41, 5.74) is 1.41. The van der Waals surface area contributed by atoms with Gasteiger partial charge in [0.05, 0.1) is 12.7 Å². The van der Waals surface area contributed by atoms with Crippen molar-refractivity contribution in [3.05, 3.63) is 51.1 Å². The standard InChI is InChI=1S/C14H9ClN2O3S/c1-20-14(19)11-6-21-13(17-11)12(18)9-5-16-10-3-2-7(15)4-8(9)10/h2-6,16H,1H3. The van der Waals surface area contributed by atoms with E-state index in [0.29, 0.717) is 10.6 Å². The fourth-order valence-corrected chi connectivity index (χ4v) is 2.88. The Bertz CT molecular complexity index is 853. The van der Waals surface area contributed by atoms with Crippen molar-refractivity contribution >= 4 is 45.6 Å². The molecule has 1 N–H and O–H groups in total. The smallest absolute Gasteiger partial charge is 0.357 e. The minimum atomic E-state index is -0.563. The number of carbonyl (C=O) groups is 2. The summed E-state index contributed by atoms with van der Waals surface area (Å²) in [5.74, 6) is -0.823. The Morgan fingerprint density at radius 2 is 2.19 bits per heavy atom. The van der Waals surface area contributed by atoms with E-state index in [1.165, 1.54) is 12.5 Å². The van der Waals surface area contributed by atoms with Crippen molar-refractivity contribution in [3.8, 4) is 0 Å². The predicted molar refractivity (Wildman–Crippen MR) is 80.2 cm³/mol. The minimum absolute atomic E-state index is 0.128. The third-order valence-electron chi connectivity index (χ3n) is 2.98. The van der Waals surface area contributed by atoms with E-state index in [0.717, 1.165) is 22.2 Å². The van der Waals surface area contributed by atoms with Crippen LogP contribution >= 0.6 is 22.9 Å². The van der Waals surface area contributed by atoms with Crippen molar-refractivity contribution in [1.82, 2.24) is 9.97 Å². The molecule has 2 aromatic heterocycles. The van der Waals surface area contributed by atoms with Crippen molar-refractivity contribution in [3.63, 3.8) is 0 Å². The fourth-order valence-electron chi connectivity index (χ4n) is 1.97. The molecule has 2 heterocycles. The van der Waals surface area contributed by atoms with E-state index in [9.17, 15) is 9.59 Å². The van der Waals surface area contributed by atoms with Crippen LogP contribution in [0.5, 0.6) is 0 Å². The van der Waals surface area contributed by atoms with Gasteiger partial charge in [0.25, 0.3) is 0 Å². The van der Waals surface area contributed by atoms with Crippen molar-refractivity contribution in [2.45, 2.75) is 0 Å². The maximum atomic E-state index is 12.5. The molecule has 0 fully saturated rings. The first-order valence-electron chi connectivity index (χ1n) is 5.95. The number of carbonyl (C=O) groups excluding carboxylic acids is 2. The Kier molecular flexibility index (Phi) is 3.48. The Hall–Kier alpha value is -2.18. The molecule has 0 aliphatic heterocycles. The first-order chi connectivity index (χ1) is 10.1. The molecule has 106 valence electrons. The molecular weight excluding hydrogens is 312 g/mol. The Morgan fingerprint density at radius 3 is 2.95 bits per heavy atom. The first kappa shape index (κ1) is 13.8. The molecule has 0 saturated carbocycles. The van der Waals surface area contributed by atoms with E-state index in [1.807, 2.05) is 0 Å². The van der Waals surface area contributed by atoms with Gasteiger partial charge in [-0.25, -0.2) is 9.78 Å². The molecule has 0 atom stereocenters. The summed E-state index contributed by atoms with van der Waals surface area (Å²) in [5, 5.41) is 3.00. The maximum absolute atomic E-state index is 12.5. The Labute approximate surface area is 128 Å². The van der Waals surface area contributed by atoms with Crippen LogP contribution in [0.3, 0.4) is 0 Å². The van der Waals surface area contributed by atoms with E-state index in [4.69, 9.17) is 11.6 Å². The highest BCUT2D eigenvalue weighted by Gasteiger charge is 2.20. The molecule has 0 spiro atoms. The van der Waals surface area contributed by atoms with E-state index in [2.05, 4.69) is 14.7 Å². The summed E-state index contributed by atoms with van der Waals surface area (Å²) in [6, 6.07) is 5.26. The third kappa shape index (κ3) is 2.43. The van der Waals surface area contributed by atoms with Crippen LogP contribution in [0.2, 0.25) is 5.02 Å². The Morgan fingerprint density at radius 1 is 1.38 bits per heavy atom. The number of methoxy groups -OCH3 is 1. The van der Waals surface area contributed by atoms with E-state index in [-0.39, 0.29) is 16.5 Å². The number of nitrogens with one attached hydrogen (secondary N) is 1. The van der Waals surface area contributed by atoms with Gasteiger partial charge in [0, 0.05) is 27.5 Å². The lowest BCUT2D eigenvalue weighted by Crippen LogP contribution is -2.04. The predicted octanol–water partition coefficient (Wildman–Crippen LogP) is 3.30. The van der Waals surface area contributed by atoms with Gasteiger partial charge in [0.2, 0.25) is 5.78 Å². The summed E-state index contributed by atoms with van der Waals surface area (Å²) < 4.78 is 4.58. The SMILES string of the molecule is COC(=O)c1csc(C(=O)c2c[nH]c3ccc(Cl)cc23)n1. The number of aromatic amines is 1. The fraction of sp³-hybridized carbons (Fsp3) is 0.0714. The zero-order chi connectivity index (χ0) is 15.0. The van der Waals surface area contributed by atoms with Crippen LogP contribution < -0.4 is 0 Å². The zero-order valence-corrected chi connectivity index (χ0v) is 12.4. The van der Waals surface area contributed by atoms with Crippen LogP contribution in [0.4, 0.5) is 0 Å². The zero-order valence-electron chi connectivity index (χ0n) is 10.8. The van der Waals surface area contributed by atoms with Gasteiger partial charge in [-0.05, 0) is 18.2 Å².